The quantitative estimate of drug-likeness (QED) is 0.747. The normalized spacial score (nSPS) is 9.93. The van der Waals surface area contributed by atoms with E-state index in [2.05, 4.69) is 25.5 Å². The fourth-order valence-electron chi connectivity index (χ4n) is 0.946. The van der Waals surface area contributed by atoms with Crippen molar-refractivity contribution in [1.82, 2.24) is 20.2 Å². The highest BCUT2D eigenvalue weighted by atomic mass is 35.5. The van der Waals surface area contributed by atoms with Crippen LogP contribution >= 0.6 is 11.6 Å². The van der Waals surface area contributed by atoms with E-state index in [0.717, 1.165) is 0 Å². The number of hydrogen-bond acceptors (Lipinski definition) is 4. The molecule has 0 aliphatic carbocycles. The van der Waals surface area contributed by atoms with E-state index in [9.17, 15) is 4.79 Å². The molecule has 6 nitrogen and oxygen atoms in total. The summed E-state index contributed by atoms with van der Waals surface area (Å²) >= 11 is 5.63. The number of amides is 1. The third-order valence-electron chi connectivity index (χ3n) is 1.61. The van der Waals surface area contributed by atoms with Crippen LogP contribution in [0.1, 0.15) is 10.4 Å². The molecule has 0 saturated carbocycles. The lowest BCUT2D eigenvalue weighted by Gasteiger charge is -2.00. The van der Waals surface area contributed by atoms with Crippen LogP contribution in [0.2, 0.25) is 5.15 Å². The van der Waals surface area contributed by atoms with E-state index in [-0.39, 0.29) is 17.0 Å². The summed E-state index contributed by atoms with van der Waals surface area (Å²) in [5, 5.41) is 8.93. The zero-order valence-corrected chi connectivity index (χ0v) is 8.19. The van der Waals surface area contributed by atoms with Crippen LogP contribution in [0.3, 0.4) is 0 Å². The zero-order valence-electron chi connectivity index (χ0n) is 7.44. The topological polar surface area (TPSA) is 83.6 Å². The molecule has 7 heteroatoms. The molecular formula is C8H6ClN5O. The minimum Gasteiger partial charge on any atom is -0.290 e. The highest BCUT2D eigenvalue weighted by Gasteiger charge is 2.08. The Labute approximate surface area is 89.7 Å². The van der Waals surface area contributed by atoms with Crippen molar-refractivity contribution in [1.29, 1.82) is 0 Å². The van der Waals surface area contributed by atoms with Crippen LogP contribution in [0.25, 0.3) is 0 Å². The molecule has 2 N–H and O–H groups in total. The van der Waals surface area contributed by atoms with E-state index in [1.54, 1.807) is 0 Å². The van der Waals surface area contributed by atoms with Crippen molar-refractivity contribution in [2.75, 3.05) is 5.32 Å². The number of aromatic amines is 1. The van der Waals surface area contributed by atoms with Gasteiger partial charge < -0.3 is 0 Å². The molecule has 2 rings (SSSR count). The van der Waals surface area contributed by atoms with Crippen molar-refractivity contribution in [2.24, 2.45) is 0 Å². The van der Waals surface area contributed by atoms with Gasteiger partial charge in [0.1, 0.15) is 5.15 Å². The lowest BCUT2D eigenvalue weighted by molar-refractivity contribution is 0.102. The number of anilines is 1. The zero-order chi connectivity index (χ0) is 10.7. The van der Waals surface area contributed by atoms with E-state index >= 15 is 0 Å². The number of hydrogen-bond donors (Lipinski definition) is 2. The highest BCUT2D eigenvalue weighted by Crippen LogP contribution is 2.06. The second-order valence-corrected chi connectivity index (χ2v) is 3.03. The van der Waals surface area contributed by atoms with Crippen LogP contribution in [-0.2, 0) is 0 Å². The van der Waals surface area contributed by atoms with E-state index in [4.69, 9.17) is 11.6 Å². The Balaban J connectivity index is 2.13. The Kier molecular flexibility index (Phi) is 2.59. The molecule has 0 radical (unpaired) electrons. The average molecular weight is 224 g/mol. The molecule has 76 valence electrons. The van der Waals surface area contributed by atoms with E-state index in [1.807, 2.05) is 0 Å². The molecule has 0 atom stereocenters. The first-order valence-electron chi connectivity index (χ1n) is 4.04. The van der Waals surface area contributed by atoms with Gasteiger partial charge >= 0.3 is 0 Å². The minimum absolute atomic E-state index is 0.161. The molecule has 2 aromatic heterocycles. The third-order valence-corrected chi connectivity index (χ3v) is 1.82. The van der Waals surface area contributed by atoms with Crippen molar-refractivity contribution in [3.05, 3.63) is 35.4 Å². The van der Waals surface area contributed by atoms with E-state index in [0.29, 0.717) is 5.56 Å². The van der Waals surface area contributed by atoms with Crippen molar-refractivity contribution in [3.8, 4) is 0 Å². The van der Waals surface area contributed by atoms with Gasteiger partial charge in [-0.15, -0.1) is 0 Å². The first-order chi connectivity index (χ1) is 7.25. The first kappa shape index (κ1) is 9.60. The number of aromatic nitrogens is 4. The fourth-order valence-corrected chi connectivity index (χ4v) is 1.08. The second-order valence-electron chi connectivity index (χ2n) is 2.64. The number of H-pyrrole nitrogens is 1. The van der Waals surface area contributed by atoms with Gasteiger partial charge in [-0.25, -0.2) is 9.97 Å². The Bertz CT molecular complexity index is 470. The molecule has 0 aromatic carbocycles. The predicted octanol–water partition coefficient (Wildman–Crippen LogP) is 1.11. The summed E-state index contributed by atoms with van der Waals surface area (Å²) in [6.07, 6.45) is 4.33. The van der Waals surface area contributed by atoms with Gasteiger partial charge in [0.05, 0.1) is 11.8 Å². The molecule has 0 aliphatic rings. The molecular weight excluding hydrogens is 218 g/mol. The Morgan fingerprint density at radius 2 is 2.40 bits per heavy atom. The Morgan fingerprint density at radius 1 is 1.53 bits per heavy atom. The third kappa shape index (κ3) is 2.29. The summed E-state index contributed by atoms with van der Waals surface area (Å²) in [6.45, 7) is 0. The largest absolute Gasteiger partial charge is 0.290 e. The van der Waals surface area contributed by atoms with Gasteiger partial charge in [-0.3, -0.25) is 15.2 Å². The van der Waals surface area contributed by atoms with Gasteiger partial charge in [0.2, 0.25) is 5.95 Å². The molecule has 15 heavy (non-hydrogen) atoms. The fraction of sp³-hybridized carbons (Fsp3) is 0. The van der Waals surface area contributed by atoms with Crippen LogP contribution in [0.15, 0.2) is 24.7 Å². The van der Waals surface area contributed by atoms with Gasteiger partial charge in [0.25, 0.3) is 5.91 Å². The second kappa shape index (κ2) is 4.05. The Hall–Kier alpha value is -1.95. The lowest BCUT2D eigenvalue weighted by Crippen LogP contribution is -2.13. The number of nitrogens with one attached hydrogen (secondary N) is 2. The number of nitrogens with zero attached hydrogens (tertiary/aromatic N) is 3. The van der Waals surface area contributed by atoms with Gasteiger partial charge in [-0.05, 0) is 6.07 Å². The number of carbonyl (C=O) groups excluding carboxylic acids is 1. The SMILES string of the molecule is O=C(Nc1nccc(Cl)n1)c1cn[nH]c1. The smallest absolute Gasteiger partial charge is 0.261 e. The van der Waals surface area contributed by atoms with Crippen LogP contribution in [0, 0.1) is 0 Å². The summed E-state index contributed by atoms with van der Waals surface area (Å²) in [4.78, 5) is 19.1. The molecule has 0 saturated heterocycles. The first-order valence-corrected chi connectivity index (χ1v) is 4.42. The van der Waals surface area contributed by atoms with Crippen molar-refractivity contribution < 1.29 is 4.79 Å². The van der Waals surface area contributed by atoms with Crippen LogP contribution in [0.5, 0.6) is 0 Å². The van der Waals surface area contributed by atoms with E-state index in [1.165, 1.54) is 24.7 Å². The number of rotatable bonds is 2. The molecule has 0 unspecified atom stereocenters. The number of carbonyl (C=O) groups is 1. The Morgan fingerprint density at radius 3 is 3.07 bits per heavy atom. The van der Waals surface area contributed by atoms with Crippen LogP contribution in [0.4, 0.5) is 5.95 Å². The molecule has 0 aliphatic heterocycles. The van der Waals surface area contributed by atoms with Gasteiger partial charge in [0.15, 0.2) is 0 Å². The molecule has 2 aromatic rings. The molecule has 1 amide bonds. The van der Waals surface area contributed by atoms with E-state index < -0.39 is 0 Å². The molecule has 0 bridgehead atoms. The number of halogens is 1. The highest BCUT2D eigenvalue weighted by molar-refractivity contribution is 6.29. The lowest BCUT2D eigenvalue weighted by atomic mass is 10.3. The summed E-state index contributed by atoms with van der Waals surface area (Å²) in [5.74, 6) is -0.181. The van der Waals surface area contributed by atoms with Gasteiger partial charge in [0, 0.05) is 12.4 Å². The van der Waals surface area contributed by atoms with Crippen molar-refractivity contribution in [3.63, 3.8) is 0 Å². The monoisotopic (exact) mass is 223 g/mol. The standard InChI is InChI=1S/C8H6ClN5O/c9-6-1-2-10-8(13-6)14-7(15)5-3-11-12-4-5/h1-4H,(H,11,12)(H,10,13,14,15). The molecule has 0 fully saturated rings. The average Bonchev–Trinajstić information content (AvgIpc) is 2.70. The maximum absolute atomic E-state index is 11.5. The van der Waals surface area contributed by atoms with Gasteiger partial charge in [-0.1, -0.05) is 11.6 Å². The van der Waals surface area contributed by atoms with Crippen LogP contribution in [-0.4, -0.2) is 26.1 Å². The maximum Gasteiger partial charge on any atom is 0.261 e. The van der Waals surface area contributed by atoms with Crippen molar-refractivity contribution in [2.45, 2.75) is 0 Å². The summed E-state index contributed by atoms with van der Waals surface area (Å²) < 4.78 is 0. The predicted molar refractivity (Wildman–Crippen MR) is 53.6 cm³/mol. The molecule has 0 spiro atoms. The molecule has 2 heterocycles. The minimum atomic E-state index is -0.342. The summed E-state index contributed by atoms with van der Waals surface area (Å²) in [6, 6.07) is 1.52. The van der Waals surface area contributed by atoms with Crippen LogP contribution < -0.4 is 5.32 Å². The maximum atomic E-state index is 11.5. The van der Waals surface area contributed by atoms with Crippen molar-refractivity contribution >= 4 is 23.5 Å². The van der Waals surface area contributed by atoms with Gasteiger partial charge in [-0.2, -0.15) is 5.10 Å². The summed E-state index contributed by atoms with van der Waals surface area (Å²) in [7, 11) is 0. The summed E-state index contributed by atoms with van der Waals surface area (Å²) in [5.41, 5.74) is 0.401.